The highest BCUT2D eigenvalue weighted by Gasteiger charge is 2.04. The van der Waals surface area contributed by atoms with Gasteiger partial charge in [0.15, 0.2) is 0 Å². The van der Waals surface area contributed by atoms with Crippen LogP contribution in [0.2, 0.25) is 0 Å². The molecule has 0 aliphatic carbocycles. The highest BCUT2D eigenvalue weighted by Crippen LogP contribution is 2.13. The highest BCUT2D eigenvalue weighted by atomic mass is 127. The van der Waals surface area contributed by atoms with Crippen LogP contribution >= 0.6 is 22.6 Å². The maximum atomic E-state index is 5.65. The van der Waals surface area contributed by atoms with E-state index in [0.29, 0.717) is 0 Å². The predicted octanol–water partition coefficient (Wildman–Crippen LogP) is 6.93. The molecule has 0 spiro atoms. The Morgan fingerprint density at radius 3 is 1.52 bits per heavy atom. The molecule has 23 heavy (non-hydrogen) atoms. The Morgan fingerprint density at radius 2 is 1.13 bits per heavy atom. The summed E-state index contributed by atoms with van der Waals surface area (Å²) < 4.78 is 12.0. The molecular weight excluding hydrogens is 399 g/mol. The number of rotatable bonds is 19. The molecule has 3 heteroatoms. The minimum absolute atomic E-state index is 0.266. The van der Waals surface area contributed by atoms with Gasteiger partial charge in [0, 0.05) is 18.1 Å². The fourth-order valence-corrected chi connectivity index (χ4v) is 3.40. The van der Waals surface area contributed by atoms with Crippen LogP contribution in [0.15, 0.2) is 0 Å². The Bertz CT molecular complexity index is 208. The predicted molar refractivity (Wildman–Crippen MR) is 111 cm³/mol. The molecule has 0 radical (unpaired) electrons. The van der Waals surface area contributed by atoms with E-state index < -0.39 is 0 Å². The fourth-order valence-electron chi connectivity index (χ4n) is 2.79. The first-order valence-electron chi connectivity index (χ1n) is 10.0. The van der Waals surface area contributed by atoms with Gasteiger partial charge in [0.2, 0.25) is 0 Å². The van der Waals surface area contributed by atoms with Gasteiger partial charge in [0.25, 0.3) is 0 Å². The molecule has 0 aromatic rings. The Labute approximate surface area is 159 Å². The molecule has 0 heterocycles. The Kier molecular flexibility index (Phi) is 21.3. The first-order chi connectivity index (χ1) is 11.3. The molecule has 0 saturated carbocycles. The van der Waals surface area contributed by atoms with Gasteiger partial charge in [0.05, 0.1) is 12.7 Å². The maximum Gasteiger partial charge on any atom is 0.0893 e. The van der Waals surface area contributed by atoms with E-state index in [9.17, 15) is 0 Å². The van der Waals surface area contributed by atoms with Crippen LogP contribution < -0.4 is 0 Å². The van der Waals surface area contributed by atoms with Crippen molar-refractivity contribution in [3.05, 3.63) is 0 Å². The minimum atomic E-state index is 0.266. The lowest BCUT2D eigenvalue weighted by Crippen LogP contribution is -2.19. The number of hydrogen-bond donors (Lipinski definition) is 0. The molecule has 2 nitrogen and oxygen atoms in total. The number of alkyl halides is 1. The summed E-state index contributed by atoms with van der Waals surface area (Å²) in [6, 6.07) is 0. The van der Waals surface area contributed by atoms with Crippen LogP contribution in [0.4, 0.5) is 0 Å². The van der Waals surface area contributed by atoms with E-state index in [4.69, 9.17) is 9.47 Å². The van der Waals surface area contributed by atoms with Crippen molar-refractivity contribution in [2.24, 2.45) is 0 Å². The molecule has 0 N–H and O–H groups in total. The maximum absolute atomic E-state index is 5.65. The van der Waals surface area contributed by atoms with Crippen LogP contribution in [0.25, 0.3) is 0 Å². The molecule has 0 fully saturated rings. The first kappa shape index (κ1) is 23.6. The van der Waals surface area contributed by atoms with Crippen molar-refractivity contribution in [1.82, 2.24) is 0 Å². The Morgan fingerprint density at radius 1 is 0.696 bits per heavy atom. The molecule has 0 unspecified atom stereocenters. The van der Waals surface area contributed by atoms with Crippen molar-refractivity contribution < 1.29 is 9.47 Å². The van der Waals surface area contributed by atoms with Crippen LogP contribution in [0.1, 0.15) is 96.8 Å². The van der Waals surface area contributed by atoms with Gasteiger partial charge in [0.1, 0.15) is 0 Å². The molecule has 0 saturated heterocycles. The molecule has 0 amide bonds. The Balaban J connectivity index is 3.02. The standard InChI is InChI=1S/C20H41IO2/c1-3-4-5-6-7-8-9-10-11-12-13-14-15-16-17-23-19-20(18-21)22-2/h20H,3-19H2,1-2H3/t20-/m0/s1. The molecule has 140 valence electrons. The van der Waals surface area contributed by atoms with Gasteiger partial charge in [-0.05, 0) is 6.42 Å². The molecule has 0 bridgehead atoms. The topological polar surface area (TPSA) is 18.5 Å². The molecule has 0 aliphatic heterocycles. The number of hydrogen-bond acceptors (Lipinski definition) is 2. The van der Waals surface area contributed by atoms with Gasteiger partial charge in [-0.3, -0.25) is 0 Å². The summed E-state index contributed by atoms with van der Waals surface area (Å²) in [7, 11) is 1.76. The average molecular weight is 440 g/mol. The number of ether oxygens (including phenoxy) is 2. The summed E-state index contributed by atoms with van der Waals surface area (Å²) >= 11 is 2.35. The van der Waals surface area contributed by atoms with Crippen molar-refractivity contribution in [3.63, 3.8) is 0 Å². The second-order valence-corrected chi connectivity index (χ2v) is 7.56. The monoisotopic (exact) mass is 440 g/mol. The lowest BCUT2D eigenvalue weighted by molar-refractivity contribution is 0.0213. The molecular formula is C20H41IO2. The van der Waals surface area contributed by atoms with E-state index in [-0.39, 0.29) is 6.10 Å². The van der Waals surface area contributed by atoms with Crippen LogP contribution in [0.5, 0.6) is 0 Å². The van der Waals surface area contributed by atoms with E-state index >= 15 is 0 Å². The summed E-state index contributed by atoms with van der Waals surface area (Å²) in [4.78, 5) is 0. The van der Waals surface area contributed by atoms with E-state index in [1.54, 1.807) is 7.11 Å². The number of unbranched alkanes of at least 4 members (excludes halogenated alkanes) is 13. The second kappa shape index (κ2) is 20.7. The number of halogens is 1. The SMILES string of the molecule is CCCCCCCCCCCCCCCCOC[C@H](CI)OC. The highest BCUT2D eigenvalue weighted by molar-refractivity contribution is 14.1. The van der Waals surface area contributed by atoms with Crippen LogP contribution in [-0.2, 0) is 9.47 Å². The van der Waals surface area contributed by atoms with Gasteiger partial charge in [-0.15, -0.1) is 0 Å². The fraction of sp³-hybridized carbons (Fsp3) is 1.00. The van der Waals surface area contributed by atoms with Crippen molar-refractivity contribution >= 4 is 22.6 Å². The molecule has 0 aliphatic rings. The smallest absolute Gasteiger partial charge is 0.0893 e. The van der Waals surface area contributed by atoms with Crippen molar-refractivity contribution in [3.8, 4) is 0 Å². The van der Waals surface area contributed by atoms with Gasteiger partial charge in [-0.1, -0.05) is 113 Å². The lowest BCUT2D eigenvalue weighted by Gasteiger charge is -2.12. The van der Waals surface area contributed by atoms with Crippen molar-refractivity contribution in [2.75, 3.05) is 24.8 Å². The third-order valence-corrected chi connectivity index (χ3v) is 5.43. The van der Waals surface area contributed by atoms with Crippen LogP contribution in [0, 0.1) is 0 Å². The largest absolute Gasteiger partial charge is 0.379 e. The van der Waals surface area contributed by atoms with Gasteiger partial charge in [-0.25, -0.2) is 0 Å². The van der Waals surface area contributed by atoms with Gasteiger partial charge >= 0.3 is 0 Å². The lowest BCUT2D eigenvalue weighted by atomic mass is 10.0. The average Bonchev–Trinajstić information content (AvgIpc) is 2.58. The number of methoxy groups -OCH3 is 1. The van der Waals surface area contributed by atoms with Gasteiger partial charge in [-0.2, -0.15) is 0 Å². The Hall–Kier alpha value is 0.650. The van der Waals surface area contributed by atoms with Crippen molar-refractivity contribution in [2.45, 2.75) is 103 Å². The van der Waals surface area contributed by atoms with Crippen molar-refractivity contribution in [1.29, 1.82) is 0 Å². The molecule has 0 aromatic carbocycles. The summed E-state index contributed by atoms with van der Waals surface area (Å²) in [5, 5.41) is 0. The summed E-state index contributed by atoms with van der Waals surface area (Å²) in [6.45, 7) is 3.93. The molecule has 0 rings (SSSR count). The second-order valence-electron chi connectivity index (χ2n) is 6.68. The van der Waals surface area contributed by atoms with E-state index in [1.165, 1.54) is 89.9 Å². The normalized spacial score (nSPS) is 12.7. The summed E-state index contributed by atoms with van der Waals surface area (Å²) in [5.41, 5.74) is 0. The summed E-state index contributed by atoms with van der Waals surface area (Å²) in [5.74, 6) is 0. The van der Waals surface area contributed by atoms with Gasteiger partial charge < -0.3 is 9.47 Å². The third-order valence-electron chi connectivity index (χ3n) is 4.45. The zero-order valence-corrected chi connectivity index (χ0v) is 18.0. The van der Waals surface area contributed by atoms with Crippen LogP contribution in [0.3, 0.4) is 0 Å². The van der Waals surface area contributed by atoms with E-state index in [0.717, 1.165) is 17.6 Å². The van der Waals surface area contributed by atoms with E-state index in [1.807, 2.05) is 0 Å². The van der Waals surface area contributed by atoms with E-state index in [2.05, 4.69) is 29.5 Å². The zero-order chi connectivity index (χ0) is 17.0. The molecule has 0 aromatic heterocycles. The molecule has 1 atom stereocenters. The first-order valence-corrected chi connectivity index (χ1v) is 11.5. The third kappa shape index (κ3) is 18.8. The minimum Gasteiger partial charge on any atom is -0.379 e. The van der Waals surface area contributed by atoms with Crippen LogP contribution in [-0.4, -0.2) is 30.9 Å². The quantitative estimate of drug-likeness (QED) is 0.123. The summed E-state index contributed by atoms with van der Waals surface area (Å²) in [6.07, 6.45) is 20.0. The zero-order valence-electron chi connectivity index (χ0n) is 15.8.